The summed E-state index contributed by atoms with van der Waals surface area (Å²) in [6.45, 7) is 4.46. The molecular formula is C26H32F4N8OS. The molecule has 5 N–H and O–H groups in total. The number of alkyl halides is 4. The van der Waals surface area contributed by atoms with Gasteiger partial charge in [-0.25, -0.2) is 19.4 Å². The van der Waals surface area contributed by atoms with Crippen molar-refractivity contribution in [3.63, 3.8) is 0 Å². The topological polar surface area (TPSA) is 126 Å². The number of anilines is 2. The van der Waals surface area contributed by atoms with Gasteiger partial charge in [0, 0.05) is 54.6 Å². The summed E-state index contributed by atoms with van der Waals surface area (Å²) in [4.78, 5) is 30.3. The zero-order valence-electron chi connectivity index (χ0n) is 22.0. The van der Waals surface area contributed by atoms with Gasteiger partial charge in [0.2, 0.25) is 5.91 Å². The molecule has 0 saturated carbocycles. The maximum absolute atomic E-state index is 13.7. The summed E-state index contributed by atoms with van der Waals surface area (Å²) >= 11 is 1.24. The summed E-state index contributed by atoms with van der Waals surface area (Å²) in [5.41, 5.74) is 12.5. The number of rotatable bonds is 8. The van der Waals surface area contributed by atoms with E-state index in [4.69, 9.17) is 16.5 Å². The molecule has 0 radical (unpaired) electrons. The number of benzene rings is 1. The molecule has 1 amide bonds. The maximum atomic E-state index is 13.7. The Hall–Kier alpha value is -3.39. The van der Waals surface area contributed by atoms with Crippen molar-refractivity contribution in [3.8, 4) is 0 Å². The number of halogens is 4. The zero-order valence-corrected chi connectivity index (χ0v) is 22.8. The fraction of sp³-hybridized carbons (Fsp3) is 0.462. The third-order valence-electron chi connectivity index (χ3n) is 6.47. The Morgan fingerprint density at radius 2 is 1.85 bits per heavy atom. The highest BCUT2D eigenvalue weighted by atomic mass is 32.2. The summed E-state index contributed by atoms with van der Waals surface area (Å²) in [7, 11) is 0. The quantitative estimate of drug-likeness (QED) is 0.182. The van der Waals surface area contributed by atoms with Crippen LogP contribution < -0.4 is 21.7 Å². The van der Waals surface area contributed by atoms with Crippen LogP contribution in [0.1, 0.15) is 32.6 Å². The van der Waals surface area contributed by atoms with Gasteiger partial charge in [0.25, 0.3) is 0 Å². The van der Waals surface area contributed by atoms with Gasteiger partial charge in [0.1, 0.15) is 24.2 Å². The van der Waals surface area contributed by atoms with Gasteiger partial charge in [0.15, 0.2) is 11.0 Å². The molecule has 3 heterocycles. The minimum Gasteiger partial charge on any atom is -0.402 e. The zero-order chi connectivity index (χ0) is 28.9. The van der Waals surface area contributed by atoms with Crippen molar-refractivity contribution >= 4 is 40.8 Å². The third kappa shape index (κ3) is 8.81. The van der Waals surface area contributed by atoms with Crippen LogP contribution in [-0.2, 0) is 4.79 Å². The first kappa shape index (κ1) is 29.6. The molecule has 0 aliphatic carbocycles. The van der Waals surface area contributed by atoms with E-state index in [9.17, 15) is 22.4 Å². The predicted molar refractivity (Wildman–Crippen MR) is 147 cm³/mol. The summed E-state index contributed by atoms with van der Waals surface area (Å²) in [5, 5.41) is 2.63. The molecular weight excluding hydrogens is 548 g/mol. The number of piperidine rings is 1. The molecule has 216 valence electrons. The number of likely N-dealkylation sites (tertiary alicyclic amines) is 1. The molecule has 4 rings (SSSR count). The number of nitrogens with one attached hydrogen (secondary N) is 1. The van der Waals surface area contributed by atoms with E-state index in [-0.39, 0.29) is 11.5 Å². The molecule has 9 nitrogen and oxygen atoms in total. The average Bonchev–Trinajstić information content (AvgIpc) is 3.30. The summed E-state index contributed by atoms with van der Waals surface area (Å²) < 4.78 is 51.0. The Morgan fingerprint density at radius 3 is 2.45 bits per heavy atom. The monoisotopic (exact) mass is 580 g/mol. The number of hydrogen-bond donors (Lipinski definition) is 3. The van der Waals surface area contributed by atoms with Gasteiger partial charge in [0.05, 0.1) is 0 Å². The standard InChI is InChI=1S/C26H32F4N8OS/c1-16(31)12-21(32)34-22-13-23(37-10-7-19(8-11-37)38-9-6-17(27)15-38)36-25(35-22)40-20-4-2-18(3-5-20)33-24(39)14-26(28,29)30/h2-5,12-13,17,19H,6-11,14-15,31H2,1H3,(H,33,39)(H2,32,34,35,36). The van der Waals surface area contributed by atoms with Gasteiger partial charge in [-0.3, -0.25) is 9.69 Å². The van der Waals surface area contributed by atoms with Crippen molar-refractivity contribution in [2.75, 3.05) is 36.4 Å². The van der Waals surface area contributed by atoms with Crippen LogP contribution in [0.3, 0.4) is 0 Å². The first-order valence-electron chi connectivity index (χ1n) is 12.9. The molecule has 1 aromatic carbocycles. The highest BCUT2D eigenvalue weighted by Crippen LogP contribution is 2.32. The number of aliphatic imine (C=N–C) groups is 1. The van der Waals surface area contributed by atoms with Gasteiger partial charge in [-0.05, 0) is 68.3 Å². The van der Waals surface area contributed by atoms with Gasteiger partial charge >= 0.3 is 6.18 Å². The highest BCUT2D eigenvalue weighted by Gasteiger charge is 2.32. The van der Waals surface area contributed by atoms with E-state index in [0.717, 1.165) is 32.5 Å². The SMILES string of the molecule is CC(N)=CC(N)=Nc1cc(N2CCC(N3CCC(F)C3)CC2)nc(Sc2ccc(NC(=O)CC(F)(F)F)cc2)n1. The van der Waals surface area contributed by atoms with Crippen LogP contribution in [0, 0.1) is 0 Å². The number of nitrogens with two attached hydrogens (primary N) is 2. The molecule has 1 atom stereocenters. The number of amidine groups is 1. The van der Waals surface area contributed by atoms with Gasteiger partial charge in [-0.15, -0.1) is 0 Å². The van der Waals surface area contributed by atoms with Crippen LogP contribution >= 0.6 is 11.8 Å². The normalized spacial score (nSPS) is 19.7. The highest BCUT2D eigenvalue weighted by molar-refractivity contribution is 7.99. The minimum atomic E-state index is -4.58. The molecule has 40 heavy (non-hydrogen) atoms. The third-order valence-corrected chi connectivity index (χ3v) is 7.35. The van der Waals surface area contributed by atoms with Crippen LogP contribution in [0.25, 0.3) is 0 Å². The Balaban J connectivity index is 1.49. The molecule has 2 aliphatic rings. The number of aromatic nitrogens is 2. The summed E-state index contributed by atoms with van der Waals surface area (Å²) in [6, 6.07) is 8.43. The Bertz CT molecular complexity index is 1240. The Kier molecular flexibility index (Phi) is 9.51. The summed E-state index contributed by atoms with van der Waals surface area (Å²) in [5.74, 6) is 0.0779. The molecule has 2 aliphatic heterocycles. The van der Waals surface area contributed by atoms with Crippen molar-refractivity contribution in [2.24, 2.45) is 16.5 Å². The molecule has 2 aromatic rings. The fourth-order valence-corrected chi connectivity index (χ4v) is 5.46. The van der Waals surface area contributed by atoms with Crippen LogP contribution in [0.15, 0.2) is 57.1 Å². The van der Waals surface area contributed by atoms with E-state index >= 15 is 0 Å². The van der Waals surface area contributed by atoms with Crippen molar-refractivity contribution < 1.29 is 22.4 Å². The molecule has 1 aromatic heterocycles. The Labute approximate surface area is 234 Å². The fourth-order valence-electron chi connectivity index (χ4n) is 4.70. The van der Waals surface area contributed by atoms with E-state index in [1.165, 1.54) is 30.0 Å². The molecule has 1 unspecified atom stereocenters. The number of hydrogen-bond acceptors (Lipinski definition) is 8. The first-order valence-corrected chi connectivity index (χ1v) is 13.7. The summed E-state index contributed by atoms with van der Waals surface area (Å²) in [6.07, 6.45) is -2.99. The van der Waals surface area contributed by atoms with Crippen LogP contribution in [0.5, 0.6) is 0 Å². The van der Waals surface area contributed by atoms with Crippen LogP contribution in [0.4, 0.5) is 34.9 Å². The van der Waals surface area contributed by atoms with Crippen molar-refractivity contribution in [1.82, 2.24) is 14.9 Å². The van der Waals surface area contributed by atoms with Crippen molar-refractivity contribution in [1.29, 1.82) is 0 Å². The smallest absolute Gasteiger partial charge is 0.397 e. The van der Waals surface area contributed by atoms with Crippen LogP contribution in [0.2, 0.25) is 0 Å². The van der Waals surface area contributed by atoms with E-state index in [2.05, 4.69) is 25.1 Å². The number of carbonyl (C=O) groups is 1. The lowest BCUT2D eigenvalue weighted by molar-refractivity contribution is -0.150. The molecule has 2 saturated heterocycles. The molecule has 14 heteroatoms. The van der Waals surface area contributed by atoms with Gasteiger partial charge in [-0.2, -0.15) is 13.2 Å². The minimum absolute atomic E-state index is 0.188. The largest absolute Gasteiger partial charge is 0.402 e. The lowest BCUT2D eigenvalue weighted by atomic mass is 10.0. The van der Waals surface area contributed by atoms with Crippen molar-refractivity contribution in [3.05, 3.63) is 42.1 Å². The second-order valence-electron chi connectivity index (χ2n) is 9.86. The van der Waals surface area contributed by atoms with Gasteiger partial charge in [-0.1, -0.05) is 0 Å². The van der Waals surface area contributed by atoms with E-state index in [1.54, 1.807) is 25.1 Å². The maximum Gasteiger partial charge on any atom is 0.397 e. The van der Waals surface area contributed by atoms with E-state index in [0.29, 0.717) is 46.4 Å². The number of nitrogens with zero attached hydrogens (tertiary/aromatic N) is 5. The van der Waals surface area contributed by atoms with Gasteiger partial charge < -0.3 is 21.7 Å². The second kappa shape index (κ2) is 12.9. The number of amides is 1. The molecule has 0 bridgehead atoms. The average molecular weight is 581 g/mol. The second-order valence-corrected chi connectivity index (χ2v) is 10.9. The first-order chi connectivity index (χ1) is 18.9. The van der Waals surface area contributed by atoms with E-state index < -0.39 is 24.7 Å². The number of carbonyl (C=O) groups excluding carboxylic acids is 1. The molecule has 0 spiro atoms. The van der Waals surface area contributed by atoms with Crippen LogP contribution in [-0.4, -0.2) is 71.2 Å². The predicted octanol–water partition coefficient (Wildman–Crippen LogP) is 4.38. The lowest BCUT2D eigenvalue weighted by Crippen LogP contribution is -2.44. The number of allylic oxidation sites excluding steroid dienone is 1. The lowest BCUT2D eigenvalue weighted by Gasteiger charge is -2.37. The van der Waals surface area contributed by atoms with E-state index in [1.807, 2.05) is 0 Å². The molecule has 2 fully saturated rings. The Morgan fingerprint density at radius 1 is 1.15 bits per heavy atom. The van der Waals surface area contributed by atoms with Crippen molar-refractivity contribution in [2.45, 2.75) is 61.0 Å².